The van der Waals surface area contributed by atoms with Crippen LogP contribution >= 0.6 is 11.3 Å². The van der Waals surface area contributed by atoms with Crippen LogP contribution in [0.25, 0.3) is 0 Å². The Bertz CT molecular complexity index is 553. The van der Waals surface area contributed by atoms with Crippen LogP contribution in [0.2, 0.25) is 0 Å². The summed E-state index contributed by atoms with van der Waals surface area (Å²) in [5.41, 5.74) is 2.33. The van der Waals surface area contributed by atoms with Crippen molar-refractivity contribution in [3.05, 3.63) is 52.0 Å². The minimum absolute atomic E-state index is 0.189. The number of nitrogens with zero attached hydrogens (tertiary/aromatic N) is 1. The molecule has 3 rings (SSSR count). The summed E-state index contributed by atoms with van der Waals surface area (Å²) < 4.78 is 13.0. The van der Waals surface area contributed by atoms with E-state index in [2.05, 4.69) is 21.7 Å². The molecule has 0 radical (unpaired) electrons. The number of nitrogens with one attached hydrogen (secondary N) is 1. The fraction of sp³-hybridized carbons (Fsp3) is 0.333. The molecule has 1 aromatic heterocycles. The van der Waals surface area contributed by atoms with E-state index in [0.29, 0.717) is 0 Å². The molecular formula is C15H17FN2S. The third-order valence-electron chi connectivity index (χ3n) is 3.47. The maximum atomic E-state index is 13.0. The lowest BCUT2D eigenvalue weighted by atomic mass is 10.1. The average molecular weight is 276 g/mol. The van der Waals surface area contributed by atoms with Crippen molar-refractivity contribution >= 4 is 17.0 Å². The van der Waals surface area contributed by atoms with Gasteiger partial charge in [-0.3, -0.25) is 4.90 Å². The highest BCUT2D eigenvalue weighted by atomic mass is 32.1. The predicted molar refractivity (Wildman–Crippen MR) is 78.2 cm³/mol. The fourth-order valence-electron chi connectivity index (χ4n) is 2.45. The second-order valence-corrected chi connectivity index (χ2v) is 5.83. The number of anilines is 1. The Kier molecular flexibility index (Phi) is 3.80. The van der Waals surface area contributed by atoms with Crippen LogP contribution in [0.5, 0.6) is 0 Å². The Labute approximate surface area is 116 Å². The monoisotopic (exact) mass is 276 g/mol. The minimum Gasteiger partial charge on any atom is -0.384 e. The first kappa shape index (κ1) is 12.6. The molecule has 2 heterocycles. The van der Waals surface area contributed by atoms with Gasteiger partial charge in [-0.2, -0.15) is 0 Å². The van der Waals surface area contributed by atoms with Crippen LogP contribution in [0.3, 0.4) is 0 Å². The molecule has 4 heteroatoms. The number of halogens is 1. The van der Waals surface area contributed by atoms with E-state index >= 15 is 0 Å². The number of hydrogen-bond acceptors (Lipinski definition) is 3. The van der Waals surface area contributed by atoms with Gasteiger partial charge in [0.1, 0.15) is 5.82 Å². The molecular weight excluding hydrogens is 259 g/mol. The zero-order chi connectivity index (χ0) is 13.1. The largest absolute Gasteiger partial charge is 0.384 e. The van der Waals surface area contributed by atoms with E-state index in [1.54, 1.807) is 6.07 Å². The molecule has 0 aliphatic carbocycles. The summed E-state index contributed by atoms with van der Waals surface area (Å²) >= 11 is 1.87. The van der Waals surface area contributed by atoms with E-state index in [9.17, 15) is 4.39 Å². The number of rotatable bonds is 4. The maximum absolute atomic E-state index is 13.0. The Morgan fingerprint density at radius 3 is 3.16 bits per heavy atom. The van der Waals surface area contributed by atoms with Crippen molar-refractivity contribution in [2.45, 2.75) is 13.0 Å². The number of hydrogen-bond donors (Lipinski definition) is 1. The highest BCUT2D eigenvalue weighted by Crippen LogP contribution is 2.23. The molecule has 0 amide bonds. The van der Waals surface area contributed by atoms with Gasteiger partial charge in [0.2, 0.25) is 0 Å². The van der Waals surface area contributed by atoms with Gasteiger partial charge in [-0.15, -0.1) is 11.3 Å². The lowest BCUT2D eigenvalue weighted by molar-refractivity contribution is 0.266. The minimum atomic E-state index is -0.189. The summed E-state index contributed by atoms with van der Waals surface area (Å²) in [7, 11) is 0. The van der Waals surface area contributed by atoms with Gasteiger partial charge in [-0.25, -0.2) is 4.39 Å². The molecule has 0 spiro atoms. The second-order valence-electron chi connectivity index (χ2n) is 4.83. The van der Waals surface area contributed by atoms with Crippen LogP contribution in [0.15, 0.2) is 35.7 Å². The molecule has 0 atom stereocenters. The summed E-state index contributed by atoms with van der Waals surface area (Å²) in [5, 5.41) is 5.45. The first-order valence-corrected chi connectivity index (χ1v) is 7.46. The van der Waals surface area contributed by atoms with Crippen molar-refractivity contribution in [2.24, 2.45) is 0 Å². The molecule has 100 valence electrons. The Morgan fingerprint density at radius 1 is 1.32 bits per heavy atom. The topological polar surface area (TPSA) is 15.3 Å². The molecule has 0 bridgehead atoms. The van der Waals surface area contributed by atoms with E-state index in [1.165, 1.54) is 22.6 Å². The highest BCUT2D eigenvalue weighted by Gasteiger charge is 2.16. The summed E-state index contributed by atoms with van der Waals surface area (Å²) in [4.78, 5) is 3.98. The van der Waals surface area contributed by atoms with Crippen molar-refractivity contribution in [1.82, 2.24) is 4.90 Å². The van der Waals surface area contributed by atoms with E-state index in [4.69, 9.17) is 0 Å². The SMILES string of the molecule is Fc1cccc(NCCN2CCc3sccc3C2)c1. The van der Waals surface area contributed by atoms with Gasteiger partial charge in [0.25, 0.3) is 0 Å². The molecule has 1 N–H and O–H groups in total. The van der Waals surface area contributed by atoms with Crippen LogP contribution in [-0.4, -0.2) is 24.5 Å². The van der Waals surface area contributed by atoms with Crippen LogP contribution in [-0.2, 0) is 13.0 Å². The van der Waals surface area contributed by atoms with Crippen LogP contribution in [0.1, 0.15) is 10.4 Å². The van der Waals surface area contributed by atoms with Gasteiger partial charge in [-0.05, 0) is 41.6 Å². The lowest BCUT2D eigenvalue weighted by Gasteiger charge is -2.26. The number of benzene rings is 1. The number of thiophene rings is 1. The molecule has 0 unspecified atom stereocenters. The van der Waals surface area contributed by atoms with Gasteiger partial charge in [0, 0.05) is 36.7 Å². The summed E-state index contributed by atoms with van der Waals surface area (Å²) in [6.45, 7) is 4.01. The van der Waals surface area contributed by atoms with Crippen LogP contribution in [0, 0.1) is 5.82 Å². The van der Waals surface area contributed by atoms with Gasteiger partial charge >= 0.3 is 0 Å². The smallest absolute Gasteiger partial charge is 0.125 e. The normalized spacial score (nSPS) is 15.2. The summed E-state index contributed by atoms with van der Waals surface area (Å²) in [5.74, 6) is -0.189. The molecule has 1 aromatic carbocycles. The van der Waals surface area contributed by atoms with Crippen molar-refractivity contribution in [1.29, 1.82) is 0 Å². The van der Waals surface area contributed by atoms with E-state index in [1.807, 2.05) is 17.4 Å². The Hall–Kier alpha value is -1.39. The van der Waals surface area contributed by atoms with Gasteiger partial charge in [0.05, 0.1) is 0 Å². The zero-order valence-corrected chi connectivity index (χ0v) is 11.5. The molecule has 0 saturated carbocycles. The van der Waals surface area contributed by atoms with Gasteiger partial charge < -0.3 is 5.32 Å². The molecule has 0 fully saturated rings. The third kappa shape index (κ3) is 3.14. The number of fused-ring (bicyclic) bond motifs is 1. The zero-order valence-electron chi connectivity index (χ0n) is 10.7. The van der Waals surface area contributed by atoms with Gasteiger partial charge in [-0.1, -0.05) is 6.07 Å². The average Bonchev–Trinajstić information content (AvgIpc) is 2.86. The molecule has 2 aromatic rings. The first-order valence-electron chi connectivity index (χ1n) is 6.58. The molecule has 19 heavy (non-hydrogen) atoms. The van der Waals surface area contributed by atoms with E-state index in [-0.39, 0.29) is 5.82 Å². The van der Waals surface area contributed by atoms with Crippen LogP contribution < -0.4 is 5.32 Å². The molecule has 0 saturated heterocycles. The Morgan fingerprint density at radius 2 is 2.26 bits per heavy atom. The van der Waals surface area contributed by atoms with Gasteiger partial charge in [0.15, 0.2) is 0 Å². The second kappa shape index (κ2) is 5.72. The lowest BCUT2D eigenvalue weighted by Crippen LogP contribution is -2.33. The molecule has 2 nitrogen and oxygen atoms in total. The van der Waals surface area contributed by atoms with Crippen molar-refractivity contribution < 1.29 is 4.39 Å². The quantitative estimate of drug-likeness (QED) is 0.921. The molecule has 1 aliphatic heterocycles. The fourth-order valence-corrected chi connectivity index (χ4v) is 3.34. The van der Waals surface area contributed by atoms with Crippen molar-refractivity contribution in [3.8, 4) is 0 Å². The maximum Gasteiger partial charge on any atom is 0.125 e. The molecule has 1 aliphatic rings. The standard InChI is InChI=1S/C15H17FN2S/c16-13-2-1-3-14(10-13)17-6-8-18-7-4-15-12(11-18)5-9-19-15/h1-3,5,9-10,17H,4,6-8,11H2. The first-order chi connectivity index (χ1) is 9.31. The summed E-state index contributed by atoms with van der Waals surface area (Å²) in [6, 6.07) is 8.86. The van der Waals surface area contributed by atoms with Crippen molar-refractivity contribution in [2.75, 3.05) is 25.0 Å². The van der Waals surface area contributed by atoms with E-state index in [0.717, 1.165) is 38.3 Å². The summed E-state index contributed by atoms with van der Waals surface area (Å²) in [6.07, 6.45) is 1.16. The van der Waals surface area contributed by atoms with Crippen LogP contribution in [0.4, 0.5) is 10.1 Å². The third-order valence-corrected chi connectivity index (χ3v) is 4.49. The van der Waals surface area contributed by atoms with E-state index < -0.39 is 0 Å². The predicted octanol–water partition coefficient (Wildman–Crippen LogP) is 3.36. The Balaban J connectivity index is 1.49. The highest BCUT2D eigenvalue weighted by molar-refractivity contribution is 7.10. The van der Waals surface area contributed by atoms with Crippen molar-refractivity contribution in [3.63, 3.8) is 0 Å².